The van der Waals surface area contributed by atoms with Crippen LogP contribution in [0.15, 0.2) is 88.9 Å². The van der Waals surface area contributed by atoms with Crippen LogP contribution in [0, 0.1) is 0 Å². The third-order valence-electron chi connectivity index (χ3n) is 7.53. The maximum atomic E-state index is 14.0. The summed E-state index contributed by atoms with van der Waals surface area (Å²) in [7, 11) is -3.80. The molecule has 212 valence electrons. The zero-order valence-electron chi connectivity index (χ0n) is 22.5. The molecule has 0 saturated carbocycles. The van der Waals surface area contributed by atoms with Crippen LogP contribution in [-0.2, 0) is 23.1 Å². The number of nitrogens with two attached hydrogens (primary N) is 1. The van der Waals surface area contributed by atoms with Gasteiger partial charge in [0, 0.05) is 48.8 Å². The maximum Gasteiger partial charge on any atom is 0.354 e. The summed E-state index contributed by atoms with van der Waals surface area (Å²) in [5, 5.41) is 8.29. The topological polar surface area (TPSA) is 144 Å². The lowest BCUT2D eigenvalue weighted by atomic mass is 10.1. The van der Waals surface area contributed by atoms with Crippen molar-refractivity contribution in [2.75, 3.05) is 19.6 Å². The van der Waals surface area contributed by atoms with Crippen LogP contribution in [0.25, 0.3) is 28.0 Å². The first-order chi connectivity index (χ1) is 19.9. The molecule has 2 aromatic carbocycles. The summed E-state index contributed by atoms with van der Waals surface area (Å²) in [5.41, 5.74) is 8.72. The Hall–Kier alpha value is -4.10. The molecule has 4 heterocycles. The molecule has 0 aliphatic carbocycles. The molecule has 0 radical (unpaired) electrons. The number of piperidine rings is 1. The Balaban J connectivity index is 1.32. The van der Waals surface area contributed by atoms with Gasteiger partial charge >= 0.3 is 5.69 Å². The van der Waals surface area contributed by atoms with Crippen molar-refractivity contribution in [2.45, 2.75) is 36.9 Å². The van der Waals surface area contributed by atoms with Gasteiger partial charge in [-0.3, -0.25) is 9.25 Å². The molecule has 0 spiro atoms. The average molecular weight is 573 g/mol. The molecular formula is C29H32N8O3S. The van der Waals surface area contributed by atoms with Gasteiger partial charge in [-0.25, -0.2) is 13.2 Å². The van der Waals surface area contributed by atoms with Crippen LogP contribution in [0.2, 0.25) is 0 Å². The van der Waals surface area contributed by atoms with Crippen LogP contribution in [0.4, 0.5) is 0 Å². The molecule has 0 bridgehead atoms. The van der Waals surface area contributed by atoms with Crippen molar-refractivity contribution in [3.8, 4) is 16.9 Å². The van der Waals surface area contributed by atoms with E-state index in [1.165, 1.54) is 4.57 Å². The largest absolute Gasteiger partial charge is 0.354 e. The summed E-state index contributed by atoms with van der Waals surface area (Å²) in [6.07, 6.45) is 6.76. The van der Waals surface area contributed by atoms with Crippen LogP contribution < -0.4 is 16.7 Å². The SMILES string of the molecule is NCc1ccc(-n2cc3cc(-c4cccc(S(=O)(=O)N(CCn5cccn5)C5CCNCC5)c4)[nH]c3nc2=O)cc1. The normalized spacial score (nSPS) is 14.7. The Morgan fingerprint density at radius 3 is 2.59 bits per heavy atom. The van der Waals surface area contributed by atoms with E-state index in [1.807, 2.05) is 48.7 Å². The number of nitrogens with zero attached hydrogens (tertiary/aromatic N) is 5. The fourth-order valence-corrected chi connectivity index (χ4v) is 7.04. The summed E-state index contributed by atoms with van der Waals surface area (Å²) in [4.78, 5) is 20.5. The molecule has 3 aromatic heterocycles. The summed E-state index contributed by atoms with van der Waals surface area (Å²) in [5.74, 6) is 0. The number of fused-ring (bicyclic) bond motifs is 1. The fraction of sp³-hybridized carbons (Fsp3) is 0.276. The monoisotopic (exact) mass is 572 g/mol. The maximum absolute atomic E-state index is 14.0. The molecule has 41 heavy (non-hydrogen) atoms. The van der Waals surface area contributed by atoms with Crippen LogP contribution in [0.1, 0.15) is 18.4 Å². The van der Waals surface area contributed by atoms with Crippen molar-refractivity contribution < 1.29 is 8.42 Å². The number of sulfonamides is 1. The quantitative estimate of drug-likeness (QED) is 0.246. The van der Waals surface area contributed by atoms with E-state index in [1.54, 1.807) is 39.6 Å². The van der Waals surface area contributed by atoms with Crippen molar-refractivity contribution in [1.29, 1.82) is 0 Å². The van der Waals surface area contributed by atoms with Crippen molar-refractivity contribution in [3.05, 3.63) is 95.3 Å². The minimum atomic E-state index is -3.80. The predicted octanol–water partition coefficient (Wildman–Crippen LogP) is 2.48. The lowest BCUT2D eigenvalue weighted by Gasteiger charge is -2.33. The highest BCUT2D eigenvalue weighted by Crippen LogP contribution is 2.28. The summed E-state index contributed by atoms with van der Waals surface area (Å²) in [6, 6.07) is 17.9. The first kappa shape index (κ1) is 27.1. The molecule has 0 atom stereocenters. The molecule has 11 nitrogen and oxygen atoms in total. The van der Waals surface area contributed by atoms with E-state index < -0.39 is 15.7 Å². The lowest BCUT2D eigenvalue weighted by Crippen LogP contribution is -2.47. The van der Waals surface area contributed by atoms with E-state index in [0.717, 1.165) is 36.9 Å². The first-order valence-corrected chi connectivity index (χ1v) is 15.1. The molecule has 0 amide bonds. The second kappa shape index (κ2) is 11.4. The zero-order chi connectivity index (χ0) is 28.4. The first-order valence-electron chi connectivity index (χ1n) is 13.6. The Morgan fingerprint density at radius 2 is 1.85 bits per heavy atom. The van der Waals surface area contributed by atoms with Gasteiger partial charge in [-0.2, -0.15) is 14.4 Å². The smallest absolute Gasteiger partial charge is 0.339 e. The summed E-state index contributed by atoms with van der Waals surface area (Å²) >= 11 is 0. The predicted molar refractivity (Wildman–Crippen MR) is 157 cm³/mol. The van der Waals surface area contributed by atoms with Gasteiger partial charge in [-0.15, -0.1) is 0 Å². The van der Waals surface area contributed by atoms with Gasteiger partial charge in [-0.05, 0) is 73.5 Å². The van der Waals surface area contributed by atoms with E-state index in [0.29, 0.717) is 42.2 Å². The van der Waals surface area contributed by atoms with Crippen LogP contribution in [0.5, 0.6) is 0 Å². The Labute approximate surface area is 237 Å². The number of aromatic nitrogens is 5. The van der Waals surface area contributed by atoms with Gasteiger partial charge < -0.3 is 16.0 Å². The molecule has 1 saturated heterocycles. The van der Waals surface area contributed by atoms with Gasteiger partial charge in [0.15, 0.2) is 0 Å². The highest BCUT2D eigenvalue weighted by atomic mass is 32.2. The standard InChI is InChI=1S/C29H32N8O3S/c30-19-21-5-7-24(8-6-21)36-20-23-18-27(33-28(23)34-29(36)38)22-3-1-4-26(17-22)41(39,40)37(25-9-12-31-13-10-25)16-15-35-14-2-11-32-35/h1-8,11,14,17-18,20,25,31H,9-10,12-13,15-16,19,30H2,(H,33,34,38). The van der Waals surface area contributed by atoms with Gasteiger partial charge in [0.25, 0.3) is 0 Å². The van der Waals surface area contributed by atoms with E-state index in [4.69, 9.17) is 5.73 Å². The third-order valence-corrected chi connectivity index (χ3v) is 9.48. The van der Waals surface area contributed by atoms with E-state index in [2.05, 4.69) is 20.4 Å². The van der Waals surface area contributed by atoms with Gasteiger partial charge in [-0.1, -0.05) is 24.3 Å². The van der Waals surface area contributed by atoms with E-state index in [-0.39, 0.29) is 10.9 Å². The fourth-order valence-electron chi connectivity index (χ4n) is 5.31. The number of rotatable bonds is 9. The number of aromatic amines is 1. The lowest BCUT2D eigenvalue weighted by molar-refractivity contribution is 0.252. The number of hydrogen-bond acceptors (Lipinski definition) is 7. The van der Waals surface area contributed by atoms with Crippen molar-refractivity contribution in [3.63, 3.8) is 0 Å². The number of hydrogen-bond donors (Lipinski definition) is 3. The zero-order valence-corrected chi connectivity index (χ0v) is 23.3. The number of benzene rings is 2. The second-order valence-electron chi connectivity index (χ2n) is 10.1. The van der Waals surface area contributed by atoms with Crippen molar-refractivity contribution in [1.82, 2.24) is 33.9 Å². The molecule has 12 heteroatoms. The van der Waals surface area contributed by atoms with Gasteiger partial charge in [0.1, 0.15) is 5.65 Å². The van der Waals surface area contributed by atoms with Crippen LogP contribution in [0.3, 0.4) is 0 Å². The highest BCUT2D eigenvalue weighted by molar-refractivity contribution is 7.89. The molecule has 1 aliphatic rings. The minimum absolute atomic E-state index is 0.0948. The Morgan fingerprint density at radius 1 is 1.05 bits per heavy atom. The molecule has 1 fully saturated rings. The molecule has 4 N–H and O–H groups in total. The van der Waals surface area contributed by atoms with E-state index >= 15 is 0 Å². The molecular weight excluding hydrogens is 540 g/mol. The number of H-pyrrole nitrogens is 1. The second-order valence-corrected chi connectivity index (χ2v) is 12.0. The summed E-state index contributed by atoms with van der Waals surface area (Å²) in [6.45, 7) is 2.77. The third kappa shape index (κ3) is 5.59. The molecule has 6 rings (SSSR count). The van der Waals surface area contributed by atoms with E-state index in [9.17, 15) is 13.2 Å². The molecule has 1 aliphatic heterocycles. The highest BCUT2D eigenvalue weighted by Gasteiger charge is 2.32. The minimum Gasteiger partial charge on any atom is -0.339 e. The van der Waals surface area contributed by atoms with Crippen molar-refractivity contribution in [2.24, 2.45) is 5.73 Å². The average Bonchev–Trinajstić information content (AvgIpc) is 3.67. The molecule has 0 unspecified atom stereocenters. The molecule has 5 aromatic rings. The van der Waals surface area contributed by atoms with Gasteiger partial charge in [0.2, 0.25) is 10.0 Å². The Kier molecular flexibility index (Phi) is 7.54. The summed E-state index contributed by atoms with van der Waals surface area (Å²) < 4.78 is 32.9. The van der Waals surface area contributed by atoms with Crippen molar-refractivity contribution >= 4 is 21.1 Å². The number of nitrogens with one attached hydrogen (secondary N) is 2. The van der Waals surface area contributed by atoms with Crippen LogP contribution >= 0.6 is 0 Å². The van der Waals surface area contributed by atoms with Crippen LogP contribution in [-0.4, -0.2) is 62.7 Å². The Bertz CT molecular complexity index is 1810. The van der Waals surface area contributed by atoms with Gasteiger partial charge in [0.05, 0.1) is 17.1 Å².